The number of morpholine rings is 2. The fourth-order valence-corrected chi connectivity index (χ4v) is 5.74. The van der Waals surface area contributed by atoms with Crippen LogP contribution in [-0.2, 0) is 9.47 Å². The number of aromatic nitrogens is 2. The van der Waals surface area contributed by atoms with Crippen molar-refractivity contribution in [3.63, 3.8) is 0 Å². The summed E-state index contributed by atoms with van der Waals surface area (Å²) in [5.41, 5.74) is 4.41. The maximum absolute atomic E-state index is 12.5. The number of thiazole rings is 1. The summed E-state index contributed by atoms with van der Waals surface area (Å²) in [4.78, 5) is 27.8. The molecular weight excluding hydrogens is 573 g/mol. The van der Waals surface area contributed by atoms with E-state index in [0.29, 0.717) is 37.8 Å². The first-order valence-electron chi connectivity index (χ1n) is 13.3. The highest BCUT2D eigenvalue weighted by molar-refractivity contribution is 7.21. The van der Waals surface area contributed by atoms with Crippen molar-refractivity contribution in [2.24, 2.45) is 0 Å². The van der Waals surface area contributed by atoms with Crippen LogP contribution >= 0.6 is 11.3 Å². The maximum atomic E-state index is 12.5. The molecule has 14 heteroatoms. The molecule has 0 spiro atoms. The fourth-order valence-electron chi connectivity index (χ4n) is 4.72. The van der Waals surface area contributed by atoms with Gasteiger partial charge in [-0.05, 0) is 42.5 Å². The number of fused-ring (bicyclic) bond motifs is 1. The van der Waals surface area contributed by atoms with Crippen molar-refractivity contribution >= 4 is 49.9 Å². The zero-order chi connectivity index (χ0) is 29.1. The van der Waals surface area contributed by atoms with E-state index in [2.05, 4.69) is 31.2 Å². The van der Waals surface area contributed by atoms with Crippen molar-refractivity contribution in [3.8, 4) is 17.0 Å². The number of halogens is 3. The van der Waals surface area contributed by atoms with Crippen molar-refractivity contribution in [2.75, 3.05) is 73.0 Å². The molecule has 10 nitrogen and oxygen atoms in total. The Morgan fingerprint density at radius 3 is 2.00 bits per heavy atom. The van der Waals surface area contributed by atoms with E-state index >= 15 is 0 Å². The third-order valence-electron chi connectivity index (χ3n) is 6.75. The van der Waals surface area contributed by atoms with Gasteiger partial charge in [0.1, 0.15) is 16.1 Å². The first kappa shape index (κ1) is 28.0. The second kappa shape index (κ2) is 12.0. The number of carbonyl (C=O) groups is 1. The Kier molecular flexibility index (Phi) is 8.00. The third kappa shape index (κ3) is 6.66. The van der Waals surface area contributed by atoms with E-state index in [0.717, 1.165) is 70.7 Å². The Hall–Kier alpha value is -4.14. The Bertz CT molecular complexity index is 1540. The molecule has 2 aromatic carbocycles. The van der Waals surface area contributed by atoms with E-state index in [9.17, 15) is 18.0 Å². The molecule has 0 saturated carbocycles. The summed E-state index contributed by atoms with van der Waals surface area (Å²) < 4.78 is 52.0. The SMILES string of the molecule is O=C(Nc1ccc(OC(F)(F)F)cc1)Nc1ccc(-c2cc(N3CCOCC3)c3nc(N4CCOCC4)sc3n2)cc1. The molecule has 2 saturated heterocycles. The first-order chi connectivity index (χ1) is 20.3. The molecule has 2 aromatic heterocycles. The molecule has 2 aliphatic rings. The lowest BCUT2D eigenvalue weighted by molar-refractivity contribution is -0.274. The second-order valence-electron chi connectivity index (χ2n) is 9.60. The van der Waals surface area contributed by atoms with Crippen molar-refractivity contribution in [2.45, 2.75) is 6.36 Å². The van der Waals surface area contributed by atoms with Crippen molar-refractivity contribution in [1.29, 1.82) is 0 Å². The number of pyridine rings is 1. The van der Waals surface area contributed by atoms with Gasteiger partial charge in [-0.3, -0.25) is 0 Å². The van der Waals surface area contributed by atoms with Gasteiger partial charge in [-0.15, -0.1) is 13.2 Å². The molecule has 4 heterocycles. The monoisotopic (exact) mass is 600 g/mol. The van der Waals surface area contributed by atoms with Gasteiger partial charge in [0.15, 0.2) is 5.13 Å². The number of hydrogen-bond donors (Lipinski definition) is 2. The summed E-state index contributed by atoms with van der Waals surface area (Å²) >= 11 is 1.57. The third-order valence-corrected chi connectivity index (χ3v) is 7.76. The number of ether oxygens (including phenoxy) is 3. The Balaban J connectivity index is 1.19. The standard InChI is InChI=1S/C28H27F3N6O4S/c29-28(30,31)41-21-7-5-20(6-8-21)33-26(38)32-19-3-1-18(2-4-19)22-17-23(36-9-13-39-14-10-36)24-25(34-22)42-27(35-24)37-11-15-40-16-12-37/h1-8,17H,9-16H2,(H2,32,33,38). The number of alkyl halides is 3. The Labute approximate surface area is 243 Å². The van der Waals surface area contributed by atoms with Crippen LogP contribution in [0.5, 0.6) is 5.75 Å². The van der Waals surface area contributed by atoms with Gasteiger partial charge in [0.05, 0.1) is 37.8 Å². The van der Waals surface area contributed by atoms with Gasteiger partial charge in [0, 0.05) is 43.1 Å². The minimum atomic E-state index is -4.78. The van der Waals surface area contributed by atoms with Gasteiger partial charge in [-0.25, -0.2) is 14.8 Å². The summed E-state index contributed by atoms with van der Waals surface area (Å²) in [6.07, 6.45) is -4.78. The summed E-state index contributed by atoms with van der Waals surface area (Å²) in [7, 11) is 0. The Morgan fingerprint density at radius 1 is 0.833 bits per heavy atom. The topological polar surface area (TPSA) is 101 Å². The number of amides is 2. The van der Waals surface area contributed by atoms with Crippen LogP contribution < -0.4 is 25.2 Å². The van der Waals surface area contributed by atoms with Crippen LogP contribution in [0, 0.1) is 0 Å². The average Bonchev–Trinajstić information content (AvgIpc) is 3.43. The molecular formula is C28H27F3N6O4S. The second-order valence-corrected chi connectivity index (χ2v) is 10.6. The number of hydrogen-bond acceptors (Lipinski definition) is 9. The van der Waals surface area contributed by atoms with Crippen LogP contribution in [0.4, 0.5) is 40.2 Å². The smallest absolute Gasteiger partial charge is 0.406 e. The minimum absolute atomic E-state index is 0.313. The molecule has 42 heavy (non-hydrogen) atoms. The fraction of sp³-hybridized carbons (Fsp3) is 0.321. The quantitative estimate of drug-likeness (QED) is 0.296. The van der Waals surface area contributed by atoms with E-state index in [1.807, 2.05) is 12.1 Å². The summed E-state index contributed by atoms with van der Waals surface area (Å²) in [6, 6.07) is 13.7. The van der Waals surface area contributed by atoms with Gasteiger partial charge < -0.3 is 34.6 Å². The van der Waals surface area contributed by atoms with Crippen molar-refractivity contribution in [1.82, 2.24) is 9.97 Å². The molecule has 220 valence electrons. The van der Waals surface area contributed by atoms with Crippen LogP contribution in [0.2, 0.25) is 0 Å². The Morgan fingerprint density at radius 2 is 1.40 bits per heavy atom. The largest absolute Gasteiger partial charge is 0.573 e. The highest BCUT2D eigenvalue weighted by Crippen LogP contribution is 2.37. The maximum Gasteiger partial charge on any atom is 0.573 e. The predicted octanol–water partition coefficient (Wildman–Crippen LogP) is 5.57. The number of anilines is 4. The molecule has 0 unspecified atom stereocenters. The van der Waals surface area contributed by atoms with Crippen LogP contribution in [0.25, 0.3) is 21.6 Å². The summed E-state index contributed by atoms with van der Waals surface area (Å²) in [5.74, 6) is -0.372. The molecule has 0 atom stereocenters. The average molecular weight is 601 g/mol. The van der Waals surface area contributed by atoms with Gasteiger partial charge in [0.25, 0.3) is 0 Å². The van der Waals surface area contributed by atoms with Crippen LogP contribution in [0.1, 0.15) is 0 Å². The highest BCUT2D eigenvalue weighted by Gasteiger charge is 2.31. The first-order valence-corrected chi connectivity index (χ1v) is 14.1. The number of benzene rings is 2. The van der Waals surface area contributed by atoms with E-state index in [-0.39, 0.29) is 5.75 Å². The summed E-state index contributed by atoms with van der Waals surface area (Å²) in [6.45, 7) is 5.75. The number of nitrogens with one attached hydrogen (secondary N) is 2. The molecule has 2 fully saturated rings. The summed E-state index contributed by atoms with van der Waals surface area (Å²) in [5, 5.41) is 6.25. The molecule has 0 bridgehead atoms. The normalized spacial score (nSPS) is 16.0. The number of rotatable bonds is 6. The van der Waals surface area contributed by atoms with E-state index in [4.69, 9.17) is 19.4 Å². The molecule has 0 radical (unpaired) electrons. The van der Waals surface area contributed by atoms with Gasteiger partial charge in [-0.1, -0.05) is 23.5 Å². The van der Waals surface area contributed by atoms with Crippen molar-refractivity contribution < 1.29 is 32.2 Å². The number of carbonyl (C=O) groups excluding carboxylic acids is 1. The van der Waals surface area contributed by atoms with Crippen LogP contribution in [0.15, 0.2) is 54.6 Å². The minimum Gasteiger partial charge on any atom is -0.406 e. The molecule has 6 rings (SSSR count). The highest BCUT2D eigenvalue weighted by atomic mass is 32.1. The van der Waals surface area contributed by atoms with Crippen LogP contribution in [-0.4, -0.2) is 75.0 Å². The number of nitrogens with zero attached hydrogens (tertiary/aromatic N) is 4. The van der Waals surface area contributed by atoms with E-state index in [1.165, 1.54) is 12.1 Å². The van der Waals surface area contributed by atoms with Crippen molar-refractivity contribution in [3.05, 3.63) is 54.6 Å². The molecule has 2 amide bonds. The zero-order valence-electron chi connectivity index (χ0n) is 22.3. The lowest BCUT2D eigenvalue weighted by atomic mass is 10.1. The van der Waals surface area contributed by atoms with Gasteiger partial charge in [0.2, 0.25) is 0 Å². The molecule has 2 N–H and O–H groups in total. The van der Waals surface area contributed by atoms with E-state index < -0.39 is 12.4 Å². The predicted molar refractivity (Wildman–Crippen MR) is 155 cm³/mol. The molecule has 4 aromatic rings. The lowest BCUT2D eigenvalue weighted by Gasteiger charge is -2.29. The van der Waals surface area contributed by atoms with Gasteiger partial charge in [-0.2, -0.15) is 0 Å². The van der Waals surface area contributed by atoms with E-state index in [1.54, 1.807) is 23.5 Å². The van der Waals surface area contributed by atoms with Gasteiger partial charge >= 0.3 is 12.4 Å². The van der Waals surface area contributed by atoms with Crippen LogP contribution in [0.3, 0.4) is 0 Å². The molecule has 2 aliphatic heterocycles. The molecule has 0 aliphatic carbocycles. The lowest BCUT2D eigenvalue weighted by Crippen LogP contribution is -2.36. The number of urea groups is 1. The zero-order valence-corrected chi connectivity index (χ0v) is 23.1.